The summed E-state index contributed by atoms with van der Waals surface area (Å²) in [6.07, 6.45) is 4.30. The number of likely N-dealkylation sites (tertiary alicyclic amines) is 1. The van der Waals surface area contributed by atoms with Gasteiger partial charge in [-0.3, -0.25) is 14.7 Å². The van der Waals surface area contributed by atoms with Gasteiger partial charge in [-0.05, 0) is 89.2 Å². The highest BCUT2D eigenvalue weighted by molar-refractivity contribution is 7.14. The van der Waals surface area contributed by atoms with Gasteiger partial charge in [-0.25, -0.2) is 14.6 Å². The molecule has 3 amide bonds. The summed E-state index contributed by atoms with van der Waals surface area (Å²) in [5.74, 6) is -0.133. The molecule has 1 aromatic carbocycles. The molecule has 2 N–H and O–H groups in total. The maximum Gasteiger partial charge on any atom is 0.425 e. The zero-order valence-electron chi connectivity index (χ0n) is 28.0. The first-order valence-electron chi connectivity index (χ1n) is 15.7. The fraction of sp³-hybridized carbons (Fsp3) is 0.400. The van der Waals surface area contributed by atoms with Crippen LogP contribution in [-0.4, -0.2) is 63.3 Å². The van der Waals surface area contributed by atoms with Crippen molar-refractivity contribution in [1.82, 2.24) is 20.2 Å². The van der Waals surface area contributed by atoms with Crippen molar-refractivity contribution in [3.05, 3.63) is 81.4 Å². The normalized spacial score (nSPS) is 15.3. The Kier molecular flexibility index (Phi) is 10.6. The number of pyridine rings is 2. The Labute approximate surface area is 289 Å². The van der Waals surface area contributed by atoms with Crippen LogP contribution in [0.2, 0.25) is 5.02 Å². The van der Waals surface area contributed by atoms with Crippen molar-refractivity contribution >= 4 is 63.3 Å². The third kappa shape index (κ3) is 9.21. The van der Waals surface area contributed by atoms with Crippen molar-refractivity contribution in [3.8, 4) is 0 Å². The number of nitrogens with zero attached hydrogens (tertiary/aromatic N) is 4. The molecule has 11 nitrogen and oxygen atoms in total. The lowest BCUT2D eigenvalue weighted by Gasteiger charge is -2.28. The van der Waals surface area contributed by atoms with E-state index in [2.05, 4.69) is 25.5 Å². The maximum atomic E-state index is 13.2. The van der Waals surface area contributed by atoms with Crippen LogP contribution in [-0.2, 0) is 22.6 Å². The van der Waals surface area contributed by atoms with E-state index >= 15 is 0 Å². The van der Waals surface area contributed by atoms with Gasteiger partial charge in [0.15, 0.2) is 5.82 Å². The van der Waals surface area contributed by atoms with E-state index < -0.39 is 23.4 Å². The minimum absolute atomic E-state index is 0.0875. The summed E-state index contributed by atoms with van der Waals surface area (Å²) >= 11 is 7.97. The van der Waals surface area contributed by atoms with Gasteiger partial charge in [-0.2, -0.15) is 4.90 Å². The summed E-state index contributed by atoms with van der Waals surface area (Å²) in [5, 5.41) is 8.35. The van der Waals surface area contributed by atoms with E-state index in [4.69, 9.17) is 21.1 Å². The molecule has 0 spiro atoms. The molecule has 0 bridgehead atoms. The first-order chi connectivity index (χ1) is 22.6. The molecule has 1 fully saturated rings. The number of ether oxygens (including phenoxy) is 2. The van der Waals surface area contributed by atoms with E-state index in [1.165, 1.54) is 17.5 Å². The molecule has 13 heteroatoms. The number of benzene rings is 1. The Hall–Kier alpha value is -4.26. The zero-order chi connectivity index (χ0) is 34.6. The average Bonchev–Trinajstić information content (AvgIpc) is 3.60. The fourth-order valence-electron chi connectivity index (χ4n) is 5.24. The number of thiophene rings is 1. The van der Waals surface area contributed by atoms with Crippen LogP contribution in [0.1, 0.15) is 68.1 Å². The lowest BCUT2D eigenvalue weighted by atomic mass is 10.1. The molecule has 4 heterocycles. The molecule has 1 saturated heterocycles. The minimum Gasteiger partial charge on any atom is -0.443 e. The molecule has 48 heavy (non-hydrogen) atoms. The molecule has 0 saturated carbocycles. The third-order valence-electron chi connectivity index (χ3n) is 7.28. The largest absolute Gasteiger partial charge is 0.443 e. The second-order valence-electron chi connectivity index (χ2n) is 13.7. The quantitative estimate of drug-likeness (QED) is 0.192. The van der Waals surface area contributed by atoms with Crippen LogP contribution in [0.5, 0.6) is 0 Å². The minimum atomic E-state index is -0.895. The van der Waals surface area contributed by atoms with E-state index in [9.17, 15) is 14.4 Å². The average molecular weight is 693 g/mol. The maximum absolute atomic E-state index is 13.2. The van der Waals surface area contributed by atoms with Crippen LogP contribution in [0.3, 0.4) is 0 Å². The van der Waals surface area contributed by atoms with Crippen molar-refractivity contribution in [3.63, 3.8) is 0 Å². The highest BCUT2D eigenvalue weighted by Gasteiger charge is 2.34. The number of anilines is 2. The Balaban J connectivity index is 1.24. The molecule has 0 radical (unpaired) electrons. The van der Waals surface area contributed by atoms with Crippen molar-refractivity contribution in [2.45, 2.75) is 78.3 Å². The Morgan fingerprint density at radius 2 is 1.75 bits per heavy atom. The van der Waals surface area contributed by atoms with E-state index in [0.717, 1.165) is 40.5 Å². The van der Waals surface area contributed by atoms with Gasteiger partial charge in [0.1, 0.15) is 11.2 Å². The molecule has 3 aromatic heterocycles. The molecule has 1 aliphatic heterocycles. The first-order valence-corrected chi connectivity index (χ1v) is 16.9. The number of amides is 3. The topological polar surface area (TPSA) is 126 Å². The number of nitrogens with one attached hydrogen (secondary N) is 2. The second kappa shape index (κ2) is 14.5. The molecule has 0 unspecified atom stereocenters. The van der Waals surface area contributed by atoms with Gasteiger partial charge >= 0.3 is 12.2 Å². The van der Waals surface area contributed by atoms with Gasteiger partial charge in [0.25, 0.3) is 5.91 Å². The second-order valence-corrected chi connectivity index (χ2v) is 15.2. The predicted molar refractivity (Wildman–Crippen MR) is 189 cm³/mol. The summed E-state index contributed by atoms with van der Waals surface area (Å²) in [6.45, 7) is 13.0. The molecule has 254 valence electrons. The standard InChI is InChI=1S/C35H41ClN6O5S/c1-34(2,3)46-32(44)42(33(45)47-35(4,5)6)30-26-10-9-22(16-23(26)11-14-38-30)18-39-31(43)28-17-27(36)29(48-28)21-41-15-12-25(20-41)40-24-8-7-13-37-19-24/h7-11,13-14,16-17,19,25,40H,12,15,18,20-21H2,1-6H3,(H,39,43)/t25-/m1/s1. The van der Waals surface area contributed by atoms with Gasteiger partial charge in [0.2, 0.25) is 0 Å². The fourth-order valence-corrected chi connectivity index (χ4v) is 6.60. The molecule has 1 atom stereocenters. The van der Waals surface area contributed by atoms with Crippen molar-refractivity contribution in [2.24, 2.45) is 0 Å². The monoisotopic (exact) mass is 692 g/mol. The summed E-state index contributed by atoms with van der Waals surface area (Å²) < 4.78 is 11.1. The predicted octanol–water partition coefficient (Wildman–Crippen LogP) is 7.64. The van der Waals surface area contributed by atoms with Crippen LogP contribution >= 0.6 is 22.9 Å². The zero-order valence-corrected chi connectivity index (χ0v) is 29.6. The smallest absolute Gasteiger partial charge is 0.425 e. The number of hydrogen-bond acceptors (Lipinski definition) is 10. The van der Waals surface area contributed by atoms with Gasteiger partial charge in [0.05, 0.1) is 15.6 Å². The van der Waals surface area contributed by atoms with Crippen LogP contribution < -0.4 is 15.5 Å². The number of fused-ring (bicyclic) bond motifs is 1. The van der Waals surface area contributed by atoms with Gasteiger partial charge in [-0.15, -0.1) is 11.3 Å². The Bertz CT molecular complexity index is 1760. The summed E-state index contributed by atoms with van der Waals surface area (Å²) in [6, 6.07) is 13.2. The molecule has 4 aromatic rings. The molecular weight excluding hydrogens is 652 g/mol. The molecular formula is C35H41ClN6O5S. The molecule has 1 aliphatic rings. The summed E-state index contributed by atoms with van der Waals surface area (Å²) in [5.41, 5.74) is 0.123. The van der Waals surface area contributed by atoms with Crippen LogP contribution in [0.4, 0.5) is 21.1 Å². The van der Waals surface area contributed by atoms with Crippen LogP contribution in [0, 0.1) is 0 Å². The van der Waals surface area contributed by atoms with E-state index in [-0.39, 0.29) is 18.3 Å². The summed E-state index contributed by atoms with van der Waals surface area (Å²) in [7, 11) is 0. The SMILES string of the molecule is CC(C)(C)OC(=O)N(C(=O)OC(C)(C)C)c1nccc2cc(CNC(=O)c3cc(Cl)c(CN4CC[C@@H](Nc5cccnc5)C4)s3)ccc12. The van der Waals surface area contributed by atoms with E-state index in [1.54, 1.807) is 65.9 Å². The van der Waals surface area contributed by atoms with E-state index in [1.807, 2.05) is 30.5 Å². The highest BCUT2D eigenvalue weighted by atomic mass is 35.5. The Morgan fingerprint density at radius 3 is 2.42 bits per heavy atom. The lowest BCUT2D eigenvalue weighted by Crippen LogP contribution is -2.44. The van der Waals surface area contributed by atoms with Gasteiger partial charge < -0.3 is 20.1 Å². The van der Waals surface area contributed by atoms with Crippen molar-refractivity contribution in [2.75, 3.05) is 23.3 Å². The number of carbonyl (C=O) groups excluding carboxylic acids is 3. The van der Waals surface area contributed by atoms with Crippen molar-refractivity contribution < 1.29 is 23.9 Å². The number of halogens is 1. The first kappa shape index (κ1) is 35.1. The van der Waals surface area contributed by atoms with Gasteiger partial charge in [0, 0.05) is 61.1 Å². The summed E-state index contributed by atoms with van der Waals surface area (Å²) in [4.78, 5) is 52.7. The number of carbonyl (C=O) groups is 3. The van der Waals surface area contributed by atoms with Crippen LogP contribution in [0.25, 0.3) is 10.8 Å². The number of aromatic nitrogens is 2. The highest BCUT2D eigenvalue weighted by Crippen LogP contribution is 2.31. The van der Waals surface area contributed by atoms with Gasteiger partial charge in [-0.1, -0.05) is 23.7 Å². The molecule has 5 rings (SSSR count). The number of hydrogen-bond donors (Lipinski definition) is 2. The van der Waals surface area contributed by atoms with Crippen molar-refractivity contribution in [1.29, 1.82) is 0 Å². The molecule has 0 aliphatic carbocycles. The lowest BCUT2D eigenvalue weighted by molar-refractivity contribution is 0.0429. The number of rotatable bonds is 8. The third-order valence-corrected chi connectivity index (χ3v) is 8.85. The van der Waals surface area contributed by atoms with Crippen LogP contribution in [0.15, 0.2) is 61.1 Å². The Morgan fingerprint density at radius 1 is 1.02 bits per heavy atom. The number of imide groups is 1. The van der Waals surface area contributed by atoms with E-state index in [0.29, 0.717) is 33.3 Å².